The fraction of sp³-hybridized carbons (Fsp3) is 0.278. The van der Waals surface area contributed by atoms with Crippen LogP contribution >= 0.6 is 0 Å². The molecule has 1 amide bonds. The highest BCUT2D eigenvalue weighted by Gasteiger charge is 2.12. The molecule has 0 heterocycles. The van der Waals surface area contributed by atoms with Crippen molar-refractivity contribution in [1.29, 1.82) is 0 Å². The maximum atomic E-state index is 13.4. The number of benzene rings is 2. The van der Waals surface area contributed by atoms with Crippen molar-refractivity contribution in [2.75, 3.05) is 20.3 Å². The van der Waals surface area contributed by atoms with Gasteiger partial charge in [0, 0.05) is 12.6 Å². The van der Waals surface area contributed by atoms with E-state index in [-0.39, 0.29) is 23.8 Å². The topological polar surface area (TPSA) is 56.8 Å². The van der Waals surface area contributed by atoms with Crippen LogP contribution in [0, 0.1) is 11.6 Å². The van der Waals surface area contributed by atoms with Gasteiger partial charge in [0.15, 0.2) is 29.7 Å². The third kappa shape index (κ3) is 6.36. The van der Waals surface area contributed by atoms with E-state index < -0.39 is 30.8 Å². The summed E-state index contributed by atoms with van der Waals surface area (Å²) in [5, 5.41) is 2.56. The van der Waals surface area contributed by atoms with Gasteiger partial charge in [-0.15, -0.1) is 0 Å². The average Bonchev–Trinajstić information content (AvgIpc) is 2.61. The molecule has 0 aliphatic heterocycles. The first-order chi connectivity index (χ1) is 12.9. The van der Waals surface area contributed by atoms with Gasteiger partial charge in [0.05, 0.1) is 7.11 Å². The Morgan fingerprint density at radius 1 is 1.07 bits per heavy atom. The molecule has 9 heteroatoms. The van der Waals surface area contributed by atoms with Crippen molar-refractivity contribution in [3.05, 3.63) is 53.6 Å². The van der Waals surface area contributed by atoms with E-state index in [2.05, 4.69) is 10.1 Å². The van der Waals surface area contributed by atoms with Crippen LogP contribution in [0.4, 0.5) is 17.6 Å². The maximum absolute atomic E-state index is 13.4. The number of hydrogen-bond acceptors (Lipinski definition) is 4. The van der Waals surface area contributed by atoms with Gasteiger partial charge in [-0.2, -0.15) is 8.78 Å². The smallest absolute Gasteiger partial charge is 0.387 e. The zero-order valence-electron chi connectivity index (χ0n) is 14.3. The predicted molar refractivity (Wildman–Crippen MR) is 88.2 cm³/mol. The lowest BCUT2D eigenvalue weighted by Crippen LogP contribution is -2.30. The Hall–Kier alpha value is -2.97. The highest BCUT2D eigenvalue weighted by Crippen LogP contribution is 2.29. The van der Waals surface area contributed by atoms with Crippen molar-refractivity contribution >= 4 is 5.91 Å². The Labute approximate surface area is 152 Å². The first kappa shape index (κ1) is 20.3. The quantitative estimate of drug-likeness (QED) is 0.671. The van der Waals surface area contributed by atoms with Crippen LogP contribution in [0.2, 0.25) is 0 Å². The van der Waals surface area contributed by atoms with Crippen LogP contribution < -0.4 is 19.5 Å². The van der Waals surface area contributed by atoms with E-state index in [0.29, 0.717) is 12.5 Å². The van der Waals surface area contributed by atoms with Crippen molar-refractivity contribution in [3.8, 4) is 17.2 Å². The SMILES string of the molecule is COc1cc(CCNC(=O)COc2ccc(F)cc2F)ccc1OC(F)F. The van der Waals surface area contributed by atoms with Gasteiger partial charge < -0.3 is 19.5 Å². The molecule has 0 saturated carbocycles. The van der Waals surface area contributed by atoms with Gasteiger partial charge in [-0.05, 0) is 36.2 Å². The summed E-state index contributed by atoms with van der Waals surface area (Å²) >= 11 is 0. The van der Waals surface area contributed by atoms with Crippen molar-refractivity contribution in [3.63, 3.8) is 0 Å². The third-order valence-corrected chi connectivity index (χ3v) is 3.43. The van der Waals surface area contributed by atoms with Crippen molar-refractivity contribution in [2.24, 2.45) is 0 Å². The lowest BCUT2D eigenvalue weighted by atomic mass is 10.1. The van der Waals surface area contributed by atoms with Gasteiger partial charge in [-0.1, -0.05) is 6.07 Å². The lowest BCUT2D eigenvalue weighted by Gasteiger charge is -2.12. The highest BCUT2D eigenvalue weighted by molar-refractivity contribution is 5.77. The molecule has 0 radical (unpaired) electrons. The summed E-state index contributed by atoms with van der Waals surface area (Å²) in [6, 6.07) is 7.20. The Kier molecular flexibility index (Phi) is 7.27. The molecule has 0 atom stereocenters. The van der Waals surface area contributed by atoms with Gasteiger partial charge in [0.25, 0.3) is 5.91 Å². The molecule has 0 unspecified atom stereocenters. The summed E-state index contributed by atoms with van der Waals surface area (Å²) in [5.74, 6) is -2.32. The second-order valence-corrected chi connectivity index (χ2v) is 5.33. The van der Waals surface area contributed by atoms with E-state index in [9.17, 15) is 22.4 Å². The number of halogens is 4. The zero-order valence-corrected chi connectivity index (χ0v) is 14.3. The van der Waals surface area contributed by atoms with Crippen LogP contribution in [0.1, 0.15) is 5.56 Å². The van der Waals surface area contributed by atoms with Crippen LogP contribution in [0.15, 0.2) is 36.4 Å². The minimum atomic E-state index is -2.96. The number of rotatable bonds is 9. The molecule has 0 fully saturated rings. The van der Waals surface area contributed by atoms with Crippen LogP contribution in [0.3, 0.4) is 0 Å². The van der Waals surface area contributed by atoms with Gasteiger partial charge in [-0.25, -0.2) is 8.78 Å². The molecule has 2 aromatic carbocycles. The lowest BCUT2D eigenvalue weighted by molar-refractivity contribution is -0.123. The molecule has 0 spiro atoms. The number of methoxy groups -OCH3 is 1. The third-order valence-electron chi connectivity index (χ3n) is 3.43. The van der Waals surface area contributed by atoms with Gasteiger partial charge in [0.1, 0.15) is 5.82 Å². The monoisotopic (exact) mass is 387 g/mol. The molecule has 0 bridgehead atoms. The first-order valence-corrected chi connectivity index (χ1v) is 7.85. The van der Waals surface area contributed by atoms with Crippen LogP contribution in [0.5, 0.6) is 17.2 Å². The van der Waals surface area contributed by atoms with Crippen LogP contribution in [-0.4, -0.2) is 32.8 Å². The summed E-state index contributed by atoms with van der Waals surface area (Å²) in [5.41, 5.74) is 0.722. The minimum absolute atomic E-state index is 0.0880. The van der Waals surface area contributed by atoms with E-state index in [1.165, 1.54) is 19.2 Å². The number of nitrogens with one attached hydrogen (secondary N) is 1. The number of carbonyl (C=O) groups excluding carboxylic acids is 1. The summed E-state index contributed by atoms with van der Waals surface area (Å²) < 4.78 is 65.1. The molecule has 0 aromatic heterocycles. The molecule has 0 aliphatic carbocycles. The van der Waals surface area contributed by atoms with Gasteiger partial charge in [0.2, 0.25) is 0 Å². The van der Waals surface area contributed by atoms with Crippen molar-refractivity contribution in [2.45, 2.75) is 13.0 Å². The summed E-state index contributed by atoms with van der Waals surface area (Å²) in [7, 11) is 1.32. The second kappa shape index (κ2) is 9.65. The van der Waals surface area contributed by atoms with Gasteiger partial charge in [-0.3, -0.25) is 4.79 Å². The zero-order chi connectivity index (χ0) is 19.8. The molecule has 2 rings (SSSR count). The Morgan fingerprint density at radius 2 is 1.81 bits per heavy atom. The van der Waals surface area contributed by atoms with E-state index in [1.807, 2.05) is 0 Å². The number of hydrogen-bond donors (Lipinski definition) is 1. The van der Waals surface area contributed by atoms with E-state index in [0.717, 1.165) is 17.7 Å². The van der Waals surface area contributed by atoms with E-state index >= 15 is 0 Å². The number of carbonyl (C=O) groups is 1. The summed E-state index contributed by atoms with van der Waals surface area (Å²) in [6.45, 7) is -3.17. The maximum Gasteiger partial charge on any atom is 0.387 e. The molecule has 2 aromatic rings. The molecule has 27 heavy (non-hydrogen) atoms. The summed E-state index contributed by atoms with van der Waals surface area (Å²) in [6.07, 6.45) is 0.391. The molecule has 146 valence electrons. The van der Waals surface area contributed by atoms with Crippen LogP contribution in [0.25, 0.3) is 0 Å². The Morgan fingerprint density at radius 3 is 2.48 bits per heavy atom. The van der Waals surface area contributed by atoms with Crippen LogP contribution in [-0.2, 0) is 11.2 Å². The molecular weight excluding hydrogens is 370 g/mol. The predicted octanol–water partition coefficient (Wildman–Crippen LogP) is 3.31. The fourth-order valence-electron chi connectivity index (χ4n) is 2.19. The highest BCUT2D eigenvalue weighted by atomic mass is 19.3. The molecule has 1 N–H and O–H groups in total. The Bertz CT molecular complexity index is 786. The van der Waals surface area contributed by atoms with Crippen molar-refractivity contribution in [1.82, 2.24) is 5.32 Å². The van der Waals surface area contributed by atoms with Gasteiger partial charge >= 0.3 is 6.61 Å². The fourth-order valence-corrected chi connectivity index (χ4v) is 2.19. The second-order valence-electron chi connectivity index (χ2n) is 5.33. The van der Waals surface area contributed by atoms with E-state index in [1.54, 1.807) is 6.07 Å². The normalized spacial score (nSPS) is 10.6. The first-order valence-electron chi connectivity index (χ1n) is 7.85. The number of alkyl halides is 2. The number of amides is 1. The van der Waals surface area contributed by atoms with Crippen molar-refractivity contribution < 1.29 is 36.6 Å². The minimum Gasteiger partial charge on any atom is -0.493 e. The Balaban J connectivity index is 1.80. The molecule has 5 nitrogen and oxygen atoms in total. The molecule has 0 aliphatic rings. The largest absolute Gasteiger partial charge is 0.493 e. The average molecular weight is 387 g/mol. The molecular formula is C18H17F4NO4. The number of ether oxygens (including phenoxy) is 3. The van der Waals surface area contributed by atoms with E-state index in [4.69, 9.17) is 9.47 Å². The standard InChI is InChI=1S/C18H17F4NO4/c1-25-16-8-11(2-4-15(16)27-18(21)22)6-7-23-17(24)10-26-14-5-3-12(19)9-13(14)20/h2-5,8-9,18H,6-7,10H2,1H3,(H,23,24). The summed E-state index contributed by atoms with van der Waals surface area (Å²) in [4.78, 5) is 11.7. The molecule has 0 saturated heterocycles.